The number of morpholine rings is 1. The van der Waals surface area contributed by atoms with E-state index in [1.165, 1.54) is 0 Å². The Kier molecular flexibility index (Phi) is 6.41. The van der Waals surface area contributed by atoms with E-state index in [4.69, 9.17) is 4.74 Å². The van der Waals surface area contributed by atoms with Crippen molar-refractivity contribution >= 4 is 15.7 Å². The smallest absolute Gasteiger partial charge is 0.237 e. The second-order valence-electron chi connectivity index (χ2n) is 6.73. The van der Waals surface area contributed by atoms with E-state index in [9.17, 15) is 13.2 Å². The molecular formula is C15H29N3O4S. The molecule has 0 aromatic carbocycles. The Hall–Kier alpha value is -0.700. The number of likely N-dealkylation sites (N-methyl/N-ethyl adjacent to an activating group) is 2. The molecule has 0 aromatic heterocycles. The molecule has 8 heteroatoms. The van der Waals surface area contributed by atoms with Crippen molar-refractivity contribution in [2.75, 3.05) is 64.9 Å². The van der Waals surface area contributed by atoms with Crippen molar-refractivity contribution in [1.29, 1.82) is 0 Å². The van der Waals surface area contributed by atoms with Gasteiger partial charge in [-0.3, -0.25) is 9.69 Å². The summed E-state index contributed by atoms with van der Waals surface area (Å²) in [7, 11) is 1.04. The van der Waals surface area contributed by atoms with Crippen LogP contribution in [-0.2, 0) is 19.4 Å². The molecule has 0 spiro atoms. The van der Waals surface area contributed by atoms with E-state index in [0.29, 0.717) is 26.1 Å². The topological polar surface area (TPSA) is 70.2 Å². The zero-order valence-corrected chi connectivity index (χ0v) is 15.2. The molecule has 2 aliphatic rings. The van der Waals surface area contributed by atoms with E-state index in [0.717, 1.165) is 19.6 Å². The van der Waals surface area contributed by atoms with E-state index in [1.807, 2.05) is 21.0 Å². The van der Waals surface area contributed by atoms with Gasteiger partial charge in [-0.05, 0) is 27.4 Å². The predicted octanol–water partition coefficient (Wildman–Crippen LogP) is -0.716. The average Bonchev–Trinajstić information content (AvgIpc) is 2.79. The van der Waals surface area contributed by atoms with E-state index in [2.05, 4.69) is 9.80 Å². The van der Waals surface area contributed by atoms with Crippen molar-refractivity contribution in [2.24, 2.45) is 0 Å². The molecule has 0 aromatic rings. The van der Waals surface area contributed by atoms with E-state index >= 15 is 0 Å². The molecule has 2 fully saturated rings. The van der Waals surface area contributed by atoms with Gasteiger partial charge in [0.15, 0.2) is 9.84 Å². The van der Waals surface area contributed by atoms with Crippen LogP contribution >= 0.6 is 0 Å². The van der Waals surface area contributed by atoms with Crippen molar-refractivity contribution in [2.45, 2.75) is 25.5 Å². The molecule has 2 heterocycles. The molecule has 0 aliphatic carbocycles. The number of carbonyl (C=O) groups excluding carboxylic acids is 1. The molecule has 7 nitrogen and oxygen atoms in total. The molecule has 0 unspecified atom stereocenters. The fourth-order valence-corrected chi connectivity index (χ4v) is 5.11. The third-order valence-corrected chi connectivity index (χ3v) is 6.21. The quantitative estimate of drug-likeness (QED) is 0.632. The predicted molar refractivity (Wildman–Crippen MR) is 89.2 cm³/mol. The Labute approximate surface area is 139 Å². The summed E-state index contributed by atoms with van der Waals surface area (Å²) < 4.78 is 29.0. The maximum atomic E-state index is 12.6. The number of hydrogen-bond acceptors (Lipinski definition) is 6. The molecule has 2 atom stereocenters. The minimum Gasteiger partial charge on any atom is -0.374 e. The van der Waals surface area contributed by atoms with Crippen molar-refractivity contribution in [3.63, 3.8) is 0 Å². The van der Waals surface area contributed by atoms with Crippen LogP contribution in [0.2, 0.25) is 0 Å². The van der Waals surface area contributed by atoms with Gasteiger partial charge in [0.05, 0.1) is 30.8 Å². The number of amides is 1. The Balaban J connectivity index is 1.89. The number of sulfone groups is 1. The number of rotatable bonds is 6. The lowest BCUT2D eigenvalue weighted by molar-refractivity contribution is -0.136. The largest absolute Gasteiger partial charge is 0.374 e. The summed E-state index contributed by atoms with van der Waals surface area (Å²) in [6.07, 6.45) is 0.683. The van der Waals surface area contributed by atoms with Gasteiger partial charge in [-0.1, -0.05) is 0 Å². The summed E-state index contributed by atoms with van der Waals surface area (Å²) in [5.74, 6) is 0.336. The molecule has 2 saturated heterocycles. The summed E-state index contributed by atoms with van der Waals surface area (Å²) in [6, 6.07) is -0.156. The lowest BCUT2D eigenvalue weighted by Gasteiger charge is -2.35. The highest BCUT2D eigenvalue weighted by atomic mass is 32.2. The third-order valence-electron chi connectivity index (χ3n) is 4.46. The number of hydrogen-bond donors (Lipinski definition) is 0. The summed E-state index contributed by atoms with van der Waals surface area (Å²) >= 11 is 0. The first-order chi connectivity index (χ1) is 10.8. The van der Waals surface area contributed by atoms with Crippen LogP contribution in [-0.4, -0.2) is 106 Å². The lowest BCUT2D eigenvalue weighted by Crippen LogP contribution is -2.51. The fourth-order valence-electron chi connectivity index (χ4n) is 3.38. The molecule has 2 aliphatic heterocycles. The van der Waals surface area contributed by atoms with Crippen molar-refractivity contribution < 1.29 is 17.9 Å². The second-order valence-corrected chi connectivity index (χ2v) is 8.96. The number of carbonyl (C=O) groups is 1. The Morgan fingerprint density at radius 3 is 2.65 bits per heavy atom. The maximum Gasteiger partial charge on any atom is 0.237 e. The van der Waals surface area contributed by atoms with Gasteiger partial charge < -0.3 is 14.5 Å². The van der Waals surface area contributed by atoms with Crippen LogP contribution in [0.5, 0.6) is 0 Å². The standard InChI is InChI=1S/C15H29N3O4S/c1-4-18(13-5-8-23(20,21)12-13)15(19)11-17-6-7-22-14(10-17)9-16(2)3/h13-14H,4-12H2,1-3H3/t13-,14+/m1/s1. The Morgan fingerprint density at radius 2 is 2.09 bits per heavy atom. The number of ether oxygens (including phenoxy) is 1. The monoisotopic (exact) mass is 347 g/mol. The van der Waals surface area contributed by atoms with Crippen molar-refractivity contribution in [3.8, 4) is 0 Å². The third kappa shape index (κ3) is 5.41. The normalized spacial score (nSPS) is 28.2. The SMILES string of the molecule is CCN(C(=O)CN1CCO[C@@H](CN(C)C)C1)[C@@H]1CCS(=O)(=O)C1. The summed E-state index contributed by atoms with van der Waals surface area (Å²) in [5.41, 5.74) is 0. The van der Waals surface area contributed by atoms with Gasteiger partial charge in [-0.2, -0.15) is 0 Å². The van der Waals surface area contributed by atoms with Gasteiger partial charge >= 0.3 is 0 Å². The molecule has 2 rings (SSSR count). The van der Waals surface area contributed by atoms with Crippen LogP contribution < -0.4 is 0 Å². The van der Waals surface area contributed by atoms with Crippen molar-refractivity contribution in [3.05, 3.63) is 0 Å². The van der Waals surface area contributed by atoms with Gasteiger partial charge in [0.25, 0.3) is 0 Å². The molecule has 0 N–H and O–H groups in total. The van der Waals surface area contributed by atoms with E-state index < -0.39 is 9.84 Å². The highest BCUT2D eigenvalue weighted by molar-refractivity contribution is 7.91. The fraction of sp³-hybridized carbons (Fsp3) is 0.933. The highest BCUT2D eigenvalue weighted by Gasteiger charge is 2.34. The van der Waals surface area contributed by atoms with Gasteiger partial charge in [0, 0.05) is 32.2 Å². The van der Waals surface area contributed by atoms with Crippen LogP contribution in [0.1, 0.15) is 13.3 Å². The molecule has 0 bridgehead atoms. The van der Waals surface area contributed by atoms with Crippen LogP contribution in [0.3, 0.4) is 0 Å². The minimum absolute atomic E-state index is 0.0279. The van der Waals surface area contributed by atoms with Crippen LogP contribution in [0, 0.1) is 0 Å². The zero-order valence-electron chi connectivity index (χ0n) is 14.4. The molecule has 0 radical (unpaired) electrons. The van der Waals surface area contributed by atoms with Gasteiger partial charge in [-0.25, -0.2) is 8.42 Å². The van der Waals surface area contributed by atoms with E-state index in [1.54, 1.807) is 4.90 Å². The molecule has 134 valence electrons. The maximum absolute atomic E-state index is 12.6. The van der Waals surface area contributed by atoms with Gasteiger partial charge in [0.2, 0.25) is 5.91 Å². The summed E-state index contributed by atoms with van der Waals surface area (Å²) in [4.78, 5) is 18.5. The molecule has 0 saturated carbocycles. The molecule has 23 heavy (non-hydrogen) atoms. The first kappa shape index (κ1) is 18.6. The first-order valence-corrected chi connectivity index (χ1v) is 10.1. The van der Waals surface area contributed by atoms with Crippen LogP contribution in [0.25, 0.3) is 0 Å². The van der Waals surface area contributed by atoms with Crippen LogP contribution in [0.4, 0.5) is 0 Å². The molecular weight excluding hydrogens is 318 g/mol. The number of nitrogens with zero attached hydrogens (tertiary/aromatic N) is 3. The lowest BCUT2D eigenvalue weighted by atomic mass is 10.2. The average molecular weight is 347 g/mol. The first-order valence-electron chi connectivity index (χ1n) is 8.29. The Morgan fingerprint density at radius 1 is 1.35 bits per heavy atom. The van der Waals surface area contributed by atoms with Crippen molar-refractivity contribution in [1.82, 2.24) is 14.7 Å². The minimum atomic E-state index is -2.97. The zero-order chi connectivity index (χ0) is 17.0. The van der Waals surface area contributed by atoms with E-state index in [-0.39, 0.29) is 29.6 Å². The van der Waals surface area contributed by atoms with Gasteiger partial charge in [0.1, 0.15) is 0 Å². The summed E-state index contributed by atoms with van der Waals surface area (Å²) in [6.45, 7) is 5.78. The van der Waals surface area contributed by atoms with Crippen LogP contribution in [0.15, 0.2) is 0 Å². The summed E-state index contributed by atoms with van der Waals surface area (Å²) in [5, 5.41) is 0. The molecule has 1 amide bonds. The highest BCUT2D eigenvalue weighted by Crippen LogP contribution is 2.18. The Bertz CT molecular complexity index is 509. The van der Waals surface area contributed by atoms with Gasteiger partial charge in [-0.15, -0.1) is 0 Å². The second kappa shape index (κ2) is 7.92.